The number of nitrogens with zero attached hydrogens (tertiary/aromatic N) is 1. The van der Waals surface area contributed by atoms with Gasteiger partial charge in [-0.2, -0.15) is 0 Å². The zero-order valence-corrected chi connectivity index (χ0v) is 13.4. The van der Waals surface area contributed by atoms with Gasteiger partial charge in [0.15, 0.2) is 17.8 Å². The maximum absolute atomic E-state index is 13.0. The summed E-state index contributed by atoms with van der Waals surface area (Å²) in [6.07, 6.45) is 0.0273. The topological polar surface area (TPSA) is 74.2 Å². The van der Waals surface area contributed by atoms with Gasteiger partial charge in [-0.3, -0.25) is 9.59 Å². The molecule has 1 aromatic rings. The molecule has 4 atom stereocenters. The van der Waals surface area contributed by atoms with Gasteiger partial charge in [-0.25, -0.2) is 4.99 Å². The number of aliphatic imine (C=N–C) groups is 1. The van der Waals surface area contributed by atoms with Gasteiger partial charge in [-0.05, 0) is 25.3 Å². The summed E-state index contributed by atoms with van der Waals surface area (Å²) in [4.78, 5) is 29.8. The van der Waals surface area contributed by atoms with E-state index >= 15 is 0 Å². The minimum Gasteiger partial charge on any atom is -0.465 e. The van der Waals surface area contributed by atoms with Crippen molar-refractivity contribution in [2.75, 3.05) is 13.2 Å². The Morgan fingerprint density at radius 2 is 2.17 bits per heavy atom. The van der Waals surface area contributed by atoms with E-state index in [-0.39, 0.29) is 12.5 Å². The third kappa shape index (κ3) is 1.99. The Morgan fingerprint density at radius 3 is 2.92 bits per heavy atom. The molecular formula is C18H19NO5. The third-order valence-electron chi connectivity index (χ3n) is 5.04. The van der Waals surface area contributed by atoms with Crippen LogP contribution in [0.1, 0.15) is 25.3 Å². The van der Waals surface area contributed by atoms with Gasteiger partial charge in [0.2, 0.25) is 0 Å². The van der Waals surface area contributed by atoms with E-state index in [1.165, 1.54) is 0 Å². The quantitative estimate of drug-likeness (QED) is 0.789. The number of hydrogen-bond donors (Lipinski definition) is 0. The predicted molar refractivity (Wildman–Crippen MR) is 84.4 cm³/mol. The second-order valence-electron chi connectivity index (χ2n) is 6.26. The largest absolute Gasteiger partial charge is 0.465 e. The highest BCUT2D eigenvalue weighted by atomic mass is 16.7. The van der Waals surface area contributed by atoms with E-state index in [1.54, 1.807) is 6.92 Å². The summed E-state index contributed by atoms with van der Waals surface area (Å²) in [5.41, 5.74) is -0.00900. The first kappa shape index (κ1) is 15.5. The normalized spacial score (nSPS) is 34.5. The summed E-state index contributed by atoms with van der Waals surface area (Å²) in [5, 5.41) is 0. The minimum absolute atomic E-state index is 0.238. The van der Waals surface area contributed by atoms with Crippen molar-refractivity contribution >= 4 is 17.6 Å². The van der Waals surface area contributed by atoms with Crippen LogP contribution in [0.25, 0.3) is 0 Å². The summed E-state index contributed by atoms with van der Waals surface area (Å²) in [7, 11) is 0. The molecule has 2 fully saturated rings. The first-order chi connectivity index (χ1) is 11.7. The molecule has 0 aromatic heterocycles. The van der Waals surface area contributed by atoms with E-state index in [1.807, 2.05) is 30.3 Å². The second kappa shape index (κ2) is 5.79. The summed E-state index contributed by atoms with van der Waals surface area (Å²) in [6.45, 7) is 2.56. The van der Waals surface area contributed by atoms with Crippen LogP contribution in [-0.2, 0) is 23.8 Å². The second-order valence-corrected chi connectivity index (χ2v) is 6.26. The maximum Gasteiger partial charge on any atom is 0.321 e. The van der Waals surface area contributed by atoms with Crippen LogP contribution in [-0.4, -0.2) is 43.2 Å². The molecule has 0 radical (unpaired) electrons. The Labute approximate surface area is 139 Å². The number of hydrogen-bond acceptors (Lipinski definition) is 5. The van der Waals surface area contributed by atoms with Crippen molar-refractivity contribution in [3.8, 4) is 0 Å². The molecule has 3 aliphatic heterocycles. The monoisotopic (exact) mass is 329 g/mol. The Balaban J connectivity index is 1.88. The van der Waals surface area contributed by atoms with Gasteiger partial charge < -0.3 is 14.2 Å². The number of carbonyl (C=O) groups excluding carboxylic acids is 2. The molecule has 0 N–H and O–H groups in total. The zero-order valence-electron chi connectivity index (χ0n) is 13.4. The number of esters is 1. The van der Waals surface area contributed by atoms with Gasteiger partial charge in [-0.1, -0.05) is 30.3 Å². The average molecular weight is 329 g/mol. The van der Waals surface area contributed by atoms with Crippen molar-refractivity contribution in [2.45, 2.75) is 32.2 Å². The van der Waals surface area contributed by atoms with E-state index in [9.17, 15) is 9.59 Å². The first-order valence-corrected chi connectivity index (χ1v) is 8.32. The van der Waals surface area contributed by atoms with E-state index in [4.69, 9.17) is 14.2 Å². The van der Waals surface area contributed by atoms with Crippen molar-refractivity contribution < 1.29 is 23.8 Å². The van der Waals surface area contributed by atoms with Crippen molar-refractivity contribution in [2.24, 2.45) is 16.3 Å². The molecule has 126 valence electrons. The molecule has 6 nitrogen and oxygen atoms in total. The van der Waals surface area contributed by atoms with Crippen LogP contribution in [0.5, 0.6) is 0 Å². The fraction of sp³-hybridized carbons (Fsp3) is 0.500. The molecule has 0 aliphatic carbocycles. The van der Waals surface area contributed by atoms with E-state index in [0.29, 0.717) is 12.3 Å². The molecule has 3 aliphatic rings. The third-order valence-corrected chi connectivity index (χ3v) is 5.04. The molecule has 2 saturated heterocycles. The fourth-order valence-electron chi connectivity index (χ4n) is 4.09. The summed E-state index contributed by atoms with van der Waals surface area (Å²) >= 11 is 0. The number of amides is 1. The predicted octanol–water partition coefficient (Wildman–Crippen LogP) is 1.72. The maximum atomic E-state index is 13.0. The van der Waals surface area contributed by atoms with Gasteiger partial charge in [0, 0.05) is 12.5 Å². The molecule has 1 amide bonds. The lowest BCUT2D eigenvalue weighted by atomic mass is 9.67. The highest BCUT2D eigenvalue weighted by Gasteiger charge is 2.70. The highest BCUT2D eigenvalue weighted by Crippen LogP contribution is 2.54. The van der Waals surface area contributed by atoms with Gasteiger partial charge in [0.1, 0.15) is 0 Å². The lowest BCUT2D eigenvalue weighted by molar-refractivity contribution is -0.172. The number of benzene rings is 1. The molecule has 0 spiro atoms. The Morgan fingerprint density at radius 1 is 1.38 bits per heavy atom. The number of rotatable bonds is 3. The van der Waals surface area contributed by atoms with Crippen molar-refractivity contribution in [3.63, 3.8) is 0 Å². The smallest absolute Gasteiger partial charge is 0.321 e. The molecule has 0 saturated carbocycles. The molecule has 4 rings (SSSR count). The van der Waals surface area contributed by atoms with Crippen molar-refractivity contribution in [1.82, 2.24) is 0 Å². The molecule has 3 heterocycles. The van der Waals surface area contributed by atoms with Crippen LogP contribution in [0.2, 0.25) is 0 Å². The first-order valence-electron chi connectivity index (χ1n) is 8.32. The van der Waals surface area contributed by atoms with Gasteiger partial charge in [0.05, 0.1) is 12.3 Å². The van der Waals surface area contributed by atoms with E-state index in [0.717, 1.165) is 18.4 Å². The molecule has 24 heavy (non-hydrogen) atoms. The van der Waals surface area contributed by atoms with Gasteiger partial charge >= 0.3 is 5.97 Å². The highest BCUT2D eigenvalue weighted by molar-refractivity contribution is 6.26. The lowest BCUT2D eigenvalue weighted by Crippen LogP contribution is -2.51. The summed E-state index contributed by atoms with van der Waals surface area (Å²) < 4.78 is 16.9. The van der Waals surface area contributed by atoms with Crippen molar-refractivity contribution in [1.29, 1.82) is 0 Å². The molecule has 0 unspecified atom stereocenters. The SMILES string of the molecule is CCOC(=O)[C@]12C(c3ccccc3)=NC(=O)[C@H]1O[C@H]1OCCC[C@H]12. The van der Waals surface area contributed by atoms with Crippen LogP contribution in [0.3, 0.4) is 0 Å². The molecule has 6 heteroatoms. The van der Waals surface area contributed by atoms with Crippen molar-refractivity contribution in [3.05, 3.63) is 35.9 Å². The number of fused-ring (bicyclic) bond motifs is 3. The molecule has 1 aromatic carbocycles. The number of carbonyl (C=O) groups is 2. The minimum atomic E-state index is -1.21. The Bertz CT molecular complexity index is 701. The molecular weight excluding hydrogens is 310 g/mol. The van der Waals surface area contributed by atoms with E-state index < -0.39 is 29.7 Å². The zero-order chi connectivity index (χ0) is 16.7. The summed E-state index contributed by atoms with van der Waals surface area (Å²) in [6, 6.07) is 9.31. The van der Waals surface area contributed by atoms with E-state index in [2.05, 4.69) is 4.99 Å². The van der Waals surface area contributed by atoms with Crippen LogP contribution in [0.4, 0.5) is 0 Å². The Hall–Kier alpha value is -2.05. The number of ether oxygens (including phenoxy) is 3. The van der Waals surface area contributed by atoms with Crippen LogP contribution >= 0.6 is 0 Å². The molecule has 0 bridgehead atoms. The standard InChI is InChI=1S/C18H19NO5/c1-2-22-17(21)18-12-9-6-10-23-16(12)24-14(18)15(20)19-13(18)11-7-4-3-5-8-11/h3-5,7-8,12,14,16H,2,6,9-10H2,1H3/t12-,14-,16-,18-/m1/s1. The lowest BCUT2D eigenvalue weighted by Gasteiger charge is -2.35. The van der Waals surface area contributed by atoms with Gasteiger partial charge in [0.25, 0.3) is 5.91 Å². The van der Waals surface area contributed by atoms with Crippen LogP contribution < -0.4 is 0 Å². The van der Waals surface area contributed by atoms with Crippen LogP contribution in [0.15, 0.2) is 35.3 Å². The fourth-order valence-corrected chi connectivity index (χ4v) is 4.09. The Kier molecular flexibility index (Phi) is 3.73. The van der Waals surface area contributed by atoms with Gasteiger partial charge in [-0.15, -0.1) is 0 Å². The average Bonchev–Trinajstić information content (AvgIpc) is 3.10. The summed E-state index contributed by atoms with van der Waals surface area (Å²) in [5.74, 6) is -1.14. The van der Waals surface area contributed by atoms with Crippen LogP contribution in [0, 0.1) is 11.3 Å².